The molecule has 6 rings (SSSR count). The van der Waals surface area contributed by atoms with Crippen molar-refractivity contribution in [3.63, 3.8) is 0 Å². The quantitative estimate of drug-likeness (QED) is 0.164. The van der Waals surface area contributed by atoms with Crippen molar-refractivity contribution in [1.29, 1.82) is 0 Å². The predicted molar refractivity (Wildman–Crippen MR) is 159 cm³/mol. The van der Waals surface area contributed by atoms with Crippen molar-refractivity contribution in [2.45, 2.75) is 26.6 Å². The van der Waals surface area contributed by atoms with Gasteiger partial charge in [0.1, 0.15) is 24.0 Å². The first-order valence-electron chi connectivity index (χ1n) is 13.1. The summed E-state index contributed by atoms with van der Waals surface area (Å²) in [6, 6.07) is 27.4. The Labute approximate surface area is 228 Å². The maximum absolute atomic E-state index is 15.5. The second-order valence-electron chi connectivity index (χ2n) is 11.3. The van der Waals surface area contributed by atoms with Crippen molar-refractivity contribution in [3.05, 3.63) is 108 Å². The predicted octanol–water partition coefficient (Wildman–Crippen LogP) is 8.54. The Hall–Kier alpha value is -4.09. The van der Waals surface area contributed by atoms with Crippen molar-refractivity contribution in [1.82, 2.24) is 0 Å². The molecule has 2 nitrogen and oxygen atoms in total. The zero-order valence-corrected chi connectivity index (χ0v) is 23.8. The second kappa shape index (κ2) is 9.28. The second-order valence-corrected chi connectivity index (χ2v) is 16.3. The summed E-state index contributed by atoms with van der Waals surface area (Å²) in [5.74, 6) is -0.515. The number of hydrogen-bond acceptors (Lipinski definition) is 1. The van der Waals surface area contributed by atoms with Gasteiger partial charge in [-0.3, -0.25) is 0 Å². The minimum Gasteiger partial charge on any atom is -0.454 e. The largest absolute Gasteiger partial charge is 0.454 e. The number of aryl methyl sites for hydroxylation is 2. The van der Waals surface area contributed by atoms with Gasteiger partial charge in [0.15, 0.2) is 5.82 Å². The van der Waals surface area contributed by atoms with Crippen LogP contribution in [-0.2, 0) is 7.05 Å². The molecule has 0 fully saturated rings. The van der Waals surface area contributed by atoms with E-state index < -0.39 is 8.07 Å². The number of furan rings is 1. The summed E-state index contributed by atoms with van der Waals surface area (Å²) in [5.41, 5.74) is 7.36. The normalized spacial score (nSPS) is 12.0. The van der Waals surface area contributed by atoms with Crippen LogP contribution in [0.5, 0.6) is 0 Å². The van der Waals surface area contributed by atoms with Crippen LogP contribution in [0.25, 0.3) is 55.4 Å². The van der Waals surface area contributed by atoms with E-state index in [0.29, 0.717) is 16.7 Å². The van der Waals surface area contributed by atoms with Gasteiger partial charge in [-0.1, -0.05) is 86.4 Å². The van der Waals surface area contributed by atoms with E-state index >= 15 is 4.39 Å². The number of halogens is 2. The van der Waals surface area contributed by atoms with Gasteiger partial charge in [0.2, 0.25) is 11.9 Å². The van der Waals surface area contributed by atoms with Gasteiger partial charge in [-0.05, 0) is 46.5 Å². The molecule has 0 aliphatic carbocycles. The van der Waals surface area contributed by atoms with E-state index in [4.69, 9.17) is 4.42 Å². The average Bonchev–Trinajstić information content (AvgIpc) is 3.27. The third-order valence-electron chi connectivity index (χ3n) is 7.54. The maximum Gasteiger partial charge on any atom is 0.216 e. The zero-order valence-electron chi connectivity index (χ0n) is 22.8. The molecule has 194 valence electrons. The van der Waals surface area contributed by atoms with Gasteiger partial charge >= 0.3 is 0 Å². The summed E-state index contributed by atoms with van der Waals surface area (Å²) in [6.07, 6.45) is 1.56. The van der Waals surface area contributed by atoms with Crippen molar-refractivity contribution >= 4 is 35.2 Å². The molecule has 2 heterocycles. The Bertz CT molecular complexity index is 1870. The maximum atomic E-state index is 15.5. The van der Waals surface area contributed by atoms with Crippen molar-refractivity contribution in [2.24, 2.45) is 7.05 Å². The SMILES string of the molecule is Cc1ccc2c(oc3c(-c4ccc(-c5ccccc5)cc4)c(F)ccc32)c1-c1cc([Si](C)(C)C)c(F)c[n+]1C. The van der Waals surface area contributed by atoms with Crippen LogP contribution in [0, 0.1) is 18.6 Å². The molecule has 0 bridgehead atoms. The van der Waals surface area contributed by atoms with Crippen LogP contribution in [0.4, 0.5) is 8.78 Å². The lowest BCUT2D eigenvalue weighted by Gasteiger charge is -2.17. The summed E-state index contributed by atoms with van der Waals surface area (Å²) in [4.78, 5) is 0. The number of hydrogen-bond donors (Lipinski definition) is 0. The number of fused-ring (bicyclic) bond motifs is 3. The topological polar surface area (TPSA) is 17.0 Å². The van der Waals surface area contributed by atoms with Gasteiger partial charge in [-0.15, -0.1) is 0 Å². The Morgan fingerprint density at radius 1 is 0.667 bits per heavy atom. The molecule has 4 aromatic carbocycles. The smallest absolute Gasteiger partial charge is 0.216 e. The van der Waals surface area contributed by atoms with Crippen LogP contribution in [0.2, 0.25) is 19.6 Å². The standard InChI is InChI=1S/C34H30F2NOSi/c1-21-11-16-25-26-17-18-27(35)32(24-14-12-23(13-15-24)22-9-7-6-8-10-22)34(26)38-33(25)31(21)29-19-30(39(3,4)5)28(36)20-37(29)2/h6-20H,1-5H3/q+1. The van der Waals surface area contributed by atoms with Crippen LogP contribution >= 0.6 is 0 Å². The molecule has 0 atom stereocenters. The van der Waals surface area contributed by atoms with Gasteiger partial charge in [-0.2, -0.15) is 4.57 Å². The monoisotopic (exact) mass is 534 g/mol. The van der Waals surface area contributed by atoms with Crippen molar-refractivity contribution in [3.8, 4) is 33.5 Å². The molecule has 0 radical (unpaired) electrons. The summed E-state index contributed by atoms with van der Waals surface area (Å²) >= 11 is 0. The van der Waals surface area contributed by atoms with E-state index in [-0.39, 0.29) is 11.6 Å². The van der Waals surface area contributed by atoms with Gasteiger partial charge in [0, 0.05) is 16.8 Å². The van der Waals surface area contributed by atoms with E-state index in [1.165, 1.54) is 6.07 Å². The lowest BCUT2D eigenvalue weighted by atomic mass is 9.97. The van der Waals surface area contributed by atoms with E-state index in [1.807, 2.05) is 73.1 Å². The first-order valence-corrected chi connectivity index (χ1v) is 16.6. The highest BCUT2D eigenvalue weighted by molar-refractivity contribution is 6.88. The van der Waals surface area contributed by atoms with Crippen LogP contribution in [0.1, 0.15) is 5.56 Å². The molecule has 0 N–H and O–H groups in total. The molecule has 2 aromatic heterocycles. The summed E-state index contributed by atoms with van der Waals surface area (Å²) in [5, 5.41) is 2.53. The minimum atomic E-state index is -1.94. The molecule has 0 saturated heterocycles. The molecule has 0 aliphatic heterocycles. The van der Waals surface area contributed by atoms with Crippen molar-refractivity contribution < 1.29 is 17.8 Å². The zero-order chi connectivity index (χ0) is 27.5. The van der Waals surface area contributed by atoms with E-state index in [0.717, 1.165) is 49.5 Å². The first-order chi connectivity index (χ1) is 18.6. The van der Waals surface area contributed by atoms with Gasteiger partial charge in [-0.25, -0.2) is 8.78 Å². The Kier molecular flexibility index (Phi) is 6.00. The number of aromatic nitrogens is 1. The van der Waals surface area contributed by atoms with Gasteiger partial charge < -0.3 is 4.42 Å². The molecule has 39 heavy (non-hydrogen) atoms. The Morgan fingerprint density at radius 3 is 1.92 bits per heavy atom. The van der Waals surface area contributed by atoms with Crippen molar-refractivity contribution in [2.75, 3.05) is 0 Å². The molecule has 0 amide bonds. The summed E-state index contributed by atoms with van der Waals surface area (Å²) in [6.45, 7) is 8.45. The lowest BCUT2D eigenvalue weighted by molar-refractivity contribution is -0.661. The van der Waals surface area contributed by atoms with Crippen LogP contribution in [0.15, 0.2) is 95.5 Å². The molecule has 0 unspecified atom stereocenters. The first kappa shape index (κ1) is 25.2. The Balaban J connectivity index is 1.58. The van der Waals surface area contributed by atoms with Gasteiger partial charge in [0.05, 0.1) is 19.2 Å². The van der Waals surface area contributed by atoms with Gasteiger partial charge in [0.25, 0.3) is 0 Å². The van der Waals surface area contributed by atoms with Crippen LogP contribution in [-0.4, -0.2) is 8.07 Å². The molecule has 6 aromatic rings. The fourth-order valence-electron chi connectivity index (χ4n) is 5.47. The highest BCUT2D eigenvalue weighted by Gasteiger charge is 2.29. The summed E-state index contributed by atoms with van der Waals surface area (Å²) in [7, 11) is -0.0862. The fourth-order valence-corrected chi connectivity index (χ4v) is 6.82. The lowest BCUT2D eigenvalue weighted by Crippen LogP contribution is -2.44. The Morgan fingerprint density at radius 2 is 1.26 bits per heavy atom. The highest BCUT2D eigenvalue weighted by Crippen LogP contribution is 2.41. The molecule has 5 heteroatoms. The van der Waals surface area contributed by atoms with Crippen LogP contribution < -0.4 is 9.75 Å². The number of pyridine rings is 1. The number of benzene rings is 4. The molecule has 0 saturated carbocycles. The average molecular weight is 535 g/mol. The van der Waals surface area contributed by atoms with E-state index in [2.05, 4.69) is 37.8 Å². The molecule has 0 aliphatic rings. The third kappa shape index (κ3) is 4.27. The van der Waals surface area contributed by atoms with E-state index in [9.17, 15) is 4.39 Å². The minimum absolute atomic E-state index is 0.182. The number of nitrogens with zero attached hydrogens (tertiary/aromatic N) is 1. The fraction of sp³-hybridized carbons (Fsp3) is 0.147. The number of rotatable bonds is 4. The molecular formula is C34H30F2NOSi+. The summed E-state index contributed by atoms with van der Waals surface area (Å²) < 4.78 is 38.8. The van der Waals surface area contributed by atoms with E-state index in [1.54, 1.807) is 12.3 Å². The molecular weight excluding hydrogens is 504 g/mol. The van der Waals surface area contributed by atoms with Crippen LogP contribution in [0.3, 0.4) is 0 Å². The molecule has 0 spiro atoms. The highest BCUT2D eigenvalue weighted by atomic mass is 28.3. The third-order valence-corrected chi connectivity index (χ3v) is 9.54.